The number of rotatable bonds is 18. The highest BCUT2D eigenvalue weighted by Crippen LogP contribution is 2.41. The molecule has 8 aromatic rings. The largest absolute Gasteiger partial charge is 0.204 e. The second-order valence-corrected chi connectivity index (χ2v) is 25.4. The lowest BCUT2D eigenvalue weighted by Gasteiger charge is -2.29. The molecule has 0 aliphatic heterocycles. The number of hydrogen-bond donors (Lipinski definition) is 0. The zero-order chi connectivity index (χ0) is 62.9. The monoisotopic (exact) mass is 1210 g/mol. The van der Waals surface area contributed by atoms with E-state index in [9.17, 15) is 26.3 Å². The molecule has 468 valence electrons. The summed E-state index contributed by atoms with van der Waals surface area (Å²) in [5, 5.41) is 8.79. The van der Waals surface area contributed by atoms with Crippen LogP contribution in [0.25, 0.3) is 44.5 Å². The summed E-state index contributed by atoms with van der Waals surface area (Å²) >= 11 is 0. The maximum absolute atomic E-state index is 13.4. The molecular weight excluding hydrogens is 1110 g/mol. The van der Waals surface area contributed by atoms with Crippen LogP contribution in [0.2, 0.25) is 0 Å². The van der Waals surface area contributed by atoms with Crippen molar-refractivity contribution in [2.45, 2.75) is 193 Å². The van der Waals surface area contributed by atoms with Crippen molar-refractivity contribution in [2.24, 2.45) is 17.8 Å². The van der Waals surface area contributed by atoms with E-state index in [0.29, 0.717) is 23.3 Å². The highest BCUT2D eigenvalue weighted by atomic mass is 19.2. The highest BCUT2D eigenvalue weighted by molar-refractivity contribution is 5.67. The summed E-state index contributed by atoms with van der Waals surface area (Å²) in [5.74, 6) is -0.0633. The fourth-order valence-electron chi connectivity index (χ4n) is 13.6. The average molecular weight is 1210 g/mol. The number of nitriles is 1. The van der Waals surface area contributed by atoms with Crippen LogP contribution in [0.4, 0.5) is 26.3 Å². The molecule has 0 saturated heterocycles. The first kappa shape index (κ1) is 67.8. The Kier molecular flexibility index (Phi) is 26.9. The average Bonchev–Trinajstić information content (AvgIpc) is 3.16. The van der Waals surface area contributed by atoms with E-state index < -0.39 is 34.9 Å². The van der Waals surface area contributed by atoms with Crippen molar-refractivity contribution >= 4 is 0 Å². The second kappa shape index (κ2) is 35.3. The summed E-state index contributed by atoms with van der Waals surface area (Å²) in [4.78, 5) is 0. The number of benzene rings is 8. The fraction of sp³-hybridized carbons (Fsp3) is 0.402. The van der Waals surface area contributed by atoms with Crippen LogP contribution in [0, 0.1) is 64.0 Å². The van der Waals surface area contributed by atoms with E-state index in [1.54, 1.807) is 18.2 Å². The summed E-state index contributed by atoms with van der Waals surface area (Å²) in [7, 11) is 0. The summed E-state index contributed by atoms with van der Waals surface area (Å²) in [6.07, 6.45) is 30.1. The van der Waals surface area contributed by atoms with Crippen molar-refractivity contribution in [3.05, 3.63) is 239 Å². The van der Waals surface area contributed by atoms with Gasteiger partial charge in [-0.3, -0.25) is 0 Å². The molecule has 0 atom stereocenters. The lowest BCUT2D eigenvalue weighted by atomic mass is 9.77. The quantitative estimate of drug-likeness (QED) is 0.0620. The lowest BCUT2D eigenvalue weighted by Crippen LogP contribution is -2.13. The zero-order valence-electron chi connectivity index (χ0n) is 53.2. The van der Waals surface area contributed by atoms with E-state index in [-0.39, 0.29) is 0 Å². The van der Waals surface area contributed by atoms with Crippen molar-refractivity contribution in [3.63, 3.8) is 0 Å². The van der Waals surface area contributed by atoms with Crippen LogP contribution in [0.3, 0.4) is 0 Å². The first-order valence-corrected chi connectivity index (χ1v) is 33.6. The Bertz CT molecular complexity index is 3390. The molecular formula is C82H93F6N. The molecule has 1 nitrogen and oxygen atoms in total. The summed E-state index contributed by atoms with van der Waals surface area (Å²) in [6.45, 7) is 9.04. The van der Waals surface area contributed by atoms with Crippen LogP contribution in [-0.4, -0.2) is 0 Å². The minimum absolute atomic E-state index is 0.654. The van der Waals surface area contributed by atoms with E-state index in [1.165, 1.54) is 217 Å². The van der Waals surface area contributed by atoms with Crippen LogP contribution < -0.4 is 0 Å². The maximum atomic E-state index is 13.4. The van der Waals surface area contributed by atoms with Gasteiger partial charge in [-0.15, -0.1) is 0 Å². The number of nitrogens with zero attached hydrogens (tertiary/aromatic N) is 1. The Morgan fingerprint density at radius 1 is 0.315 bits per heavy atom. The molecule has 3 saturated carbocycles. The first-order chi connectivity index (χ1) is 43.3. The van der Waals surface area contributed by atoms with Crippen LogP contribution >= 0.6 is 0 Å². The second-order valence-electron chi connectivity index (χ2n) is 25.4. The SMILES string of the molecule is CCC1CCC(c2ccc(-c3ccc(F)c(F)c3)cc2)CC1.CCCC1CCC(c2ccc(-c3ccc(F)c(F)c3)cc2)CC1.CCCCCC1CCC(c2ccc(-c3ccc(F)c(F)c3)cc2)CC1.CCCCCc1ccc(-c2ccc(C#N)cc2)cc1. The lowest BCUT2D eigenvalue weighted by molar-refractivity contribution is 0.303. The molecule has 3 fully saturated rings. The molecule has 0 spiro atoms. The van der Waals surface area contributed by atoms with Gasteiger partial charge in [0.05, 0.1) is 11.6 Å². The van der Waals surface area contributed by atoms with Gasteiger partial charge < -0.3 is 0 Å². The van der Waals surface area contributed by atoms with Crippen molar-refractivity contribution in [3.8, 4) is 50.6 Å². The van der Waals surface area contributed by atoms with Gasteiger partial charge in [-0.05, 0) is 241 Å². The molecule has 11 rings (SSSR count). The van der Waals surface area contributed by atoms with E-state index in [2.05, 4.69) is 94.4 Å². The first-order valence-electron chi connectivity index (χ1n) is 33.6. The van der Waals surface area contributed by atoms with E-state index in [4.69, 9.17) is 5.26 Å². The molecule has 3 aliphatic rings. The van der Waals surface area contributed by atoms with Crippen molar-refractivity contribution in [1.82, 2.24) is 0 Å². The van der Waals surface area contributed by atoms with Crippen molar-refractivity contribution < 1.29 is 26.3 Å². The number of unbranched alkanes of at least 4 members (excludes halogenated alkanes) is 4. The van der Waals surface area contributed by atoms with Gasteiger partial charge in [-0.1, -0.05) is 213 Å². The van der Waals surface area contributed by atoms with Crippen molar-refractivity contribution in [1.29, 1.82) is 5.26 Å². The molecule has 0 N–H and O–H groups in total. The standard InChI is InChI=1S/C23H28F2.C21H24F2.C20H22F2.C18H19N/c1-2-3-4-5-17-6-8-18(9-7-17)19-10-12-20(13-11-19)21-14-15-22(24)23(25)16-21;1-2-3-15-4-6-16(7-5-15)17-8-10-18(11-9-17)19-12-13-20(22)21(23)14-19;1-2-14-3-5-15(6-4-14)16-7-9-17(10-8-16)18-11-12-19(21)20(22)13-18;1-2-3-4-5-15-6-10-17(11-7-15)18-12-8-16(14-19)9-13-18/h10-18H,2-9H2,1H3;8-16H,2-7H2,1H3;7-15H,2-6H2,1H3;6-13H,2-5H2,1H3. The molecule has 8 aromatic carbocycles. The summed E-state index contributed by atoms with van der Waals surface area (Å²) in [5.41, 5.74) is 13.6. The minimum Gasteiger partial charge on any atom is -0.204 e. The minimum atomic E-state index is -0.798. The van der Waals surface area contributed by atoms with Crippen LogP contribution in [-0.2, 0) is 6.42 Å². The molecule has 0 amide bonds. The van der Waals surface area contributed by atoms with E-state index in [1.807, 2.05) is 60.7 Å². The van der Waals surface area contributed by atoms with Crippen molar-refractivity contribution in [2.75, 3.05) is 0 Å². The fourth-order valence-corrected chi connectivity index (χ4v) is 13.6. The van der Waals surface area contributed by atoms with Gasteiger partial charge in [0.2, 0.25) is 0 Å². The van der Waals surface area contributed by atoms with Crippen LogP contribution in [0.15, 0.2) is 176 Å². The number of halogens is 6. The topological polar surface area (TPSA) is 23.8 Å². The van der Waals surface area contributed by atoms with Gasteiger partial charge in [0, 0.05) is 0 Å². The molecule has 0 radical (unpaired) electrons. The van der Waals surface area contributed by atoms with E-state index >= 15 is 0 Å². The molecule has 0 aromatic heterocycles. The van der Waals surface area contributed by atoms with Gasteiger partial charge >= 0.3 is 0 Å². The molecule has 89 heavy (non-hydrogen) atoms. The maximum Gasteiger partial charge on any atom is 0.159 e. The van der Waals surface area contributed by atoms with Gasteiger partial charge in [0.15, 0.2) is 34.9 Å². The Morgan fingerprint density at radius 2 is 0.629 bits per heavy atom. The zero-order valence-corrected chi connectivity index (χ0v) is 53.2. The number of aryl methyl sites for hydroxylation is 1. The number of hydrogen-bond acceptors (Lipinski definition) is 1. The predicted molar refractivity (Wildman–Crippen MR) is 359 cm³/mol. The molecule has 3 aliphatic carbocycles. The molecule has 0 unspecified atom stereocenters. The van der Waals surface area contributed by atoms with Gasteiger partial charge in [-0.25, -0.2) is 26.3 Å². The summed E-state index contributed by atoms with van der Waals surface area (Å²) in [6, 6.07) is 56.0. The summed E-state index contributed by atoms with van der Waals surface area (Å²) < 4.78 is 79.2. The third-order valence-electron chi connectivity index (χ3n) is 19.3. The Labute approximate surface area is 529 Å². The Morgan fingerprint density at radius 3 is 0.966 bits per heavy atom. The Balaban J connectivity index is 0.000000154. The van der Waals surface area contributed by atoms with Crippen LogP contribution in [0.5, 0.6) is 0 Å². The Hall–Kier alpha value is -7.17. The predicted octanol–water partition coefficient (Wildman–Crippen LogP) is 25.5. The highest BCUT2D eigenvalue weighted by Gasteiger charge is 2.24. The third-order valence-corrected chi connectivity index (χ3v) is 19.3. The molecule has 7 heteroatoms. The van der Waals surface area contributed by atoms with E-state index in [0.717, 1.165) is 51.1 Å². The molecule has 0 bridgehead atoms. The van der Waals surface area contributed by atoms with Gasteiger partial charge in [0.1, 0.15) is 0 Å². The smallest absolute Gasteiger partial charge is 0.159 e. The van der Waals surface area contributed by atoms with Gasteiger partial charge in [0.25, 0.3) is 0 Å². The third kappa shape index (κ3) is 20.4. The normalized spacial score (nSPS) is 18.8. The molecule has 0 heterocycles. The van der Waals surface area contributed by atoms with Crippen LogP contribution in [0.1, 0.15) is 215 Å². The van der Waals surface area contributed by atoms with Gasteiger partial charge in [-0.2, -0.15) is 5.26 Å².